The molecule has 0 aliphatic carbocycles. The van der Waals surface area contributed by atoms with Crippen molar-refractivity contribution in [1.29, 1.82) is 0 Å². The molecule has 2 aromatic heterocycles. The number of nitrogens with one attached hydrogen (secondary N) is 1. The standard InChI is InChI=1S/C27H32N6O3/c1-5-7-24(34)32-13-11-17-15-21(36-4)19(14-18(17)16-32)26(35)29-22-9-6-8-20(28-22)25-31-30-23-10-12-27(2,3)33(23)25/h6,8-9,14-15H,5,7,10-13,16H2,1-4H3,(H,28,29,35). The van der Waals surface area contributed by atoms with Crippen LogP contribution in [0, 0.1) is 0 Å². The number of hydrogen-bond acceptors (Lipinski definition) is 6. The number of carbonyl (C=O) groups excluding carboxylic acids is 2. The Morgan fingerprint density at radius 3 is 2.75 bits per heavy atom. The molecule has 0 saturated carbocycles. The third-order valence-corrected chi connectivity index (χ3v) is 7.11. The van der Waals surface area contributed by atoms with E-state index < -0.39 is 0 Å². The van der Waals surface area contributed by atoms with E-state index in [9.17, 15) is 9.59 Å². The van der Waals surface area contributed by atoms with E-state index in [0.717, 1.165) is 42.6 Å². The smallest absolute Gasteiger partial charge is 0.260 e. The van der Waals surface area contributed by atoms with Gasteiger partial charge in [0.15, 0.2) is 5.82 Å². The van der Waals surface area contributed by atoms with Gasteiger partial charge in [0.2, 0.25) is 5.91 Å². The number of pyridine rings is 1. The van der Waals surface area contributed by atoms with Gasteiger partial charge in [0.05, 0.1) is 12.7 Å². The molecule has 2 amide bonds. The molecule has 5 rings (SSSR count). The van der Waals surface area contributed by atoms with Gasteiger partial charge < -0.3 is 19.5 Å². The summed E-state index contributed by atoms with van der Waals surface area (Å²) < 4.78 is 7.69. The Kier molecular flexibility index (Phi) is 6.24. The summed E-state index contributed by atoms with van der Waals surface area (Å²) in [4.78, 5) is 32.3. The van der Waals surface area contributed by atoms with E-state index in [2.05, 4.69) is 38.9 Å². The van der Waals surface area contributed by atoms with Crippen LogP contribution in [-0.2, 0) is 29.7 Å². The molecule has 1 aromatic carbocycles. The number of rotatable bonds is 6. The molecule has 0 bridgehead atoms. The fraction of sp³-hybridized carbons (Fsp3) is 0.444. The van der Waals surface area contributed by atoms with Gasteiger partial charge in [-0.15, -0.1) is 10.2 Å². The van der Waals surface area contributed by atoms with Gasteiger partial charge in [0.1, 0.15) is 23.1 Å². The van der Waals surface area contributed by atoms with E-state index in [1.807, 2.05) is 36.1 Å². The molecule has 0 fully saturated rings. The summed E-state index contributed by atoms with van der Waals surface area (Å²) in [5.74, 6) is 2.42. The minimum Gasteiger partial charge on any atom is -0.496 e. The van der Waals surface area contributed by atoms with E-state index in [0.29, 0.717) is 48.2 Å². The number of amides is 2. The van der Waals surface area contributed by atoms with Crippen LogP contribution in [0.25, 0.3) is 11.5 Å². The number of aryl methyl sites for hydroxylation is 1. The molecule has 0 unspecified atom stereocenters. The first kappa shape index (κ1) is 24.0. The van der Waals surface area contributed by atoms with E-state index in [-0.39, 0.29) is 17.4 Å². The first-order valence-electron chi connectivity index (χ1n) is 12.5. The topological polar surface area (TPSA) is 102 Å². The summed E-state index contributed by atoms with van der Waals surface area (Å²) in [6.07, 6.45) is 3.98. The fourth-order valence-corrected chi connectivity index (χ4v) is 5.14. The van der Waals surface area contributed by atoms with Crippen LogP contribution in [-0.4, -0.2) is 50.1 Å². The van der Waals surface area contributed by atoms with Crippen molar-refractivity contribution in [3.05, 3.63) is 52.8 Å². The minimum absolute atomic E-state index is 0.0853. The van der Waals surface area contributed by atoms with Gasteiger partial charge >= 0.3 is 0 Å². The SMILES string of the molecule is CCCC(=O)N1CCc2cc(OC)c(C(=O)Nc3cccc(-c4nnc5n4C(C)(C)CC5)n3)cc2C1. The molecule has 0 saturated heterocycles. The highest BCUT2D eigenvalue weighted by molar-refractivity contribution is 6.06. The number of hydrogen-bond donors (Lipinski definition) is 1. The quantitative estimate of drug-likeness (QED) is 0.563. The van der Waals surface area contributed by atoms with E-state index >= 15 is 0 Å². The van der Waals surface area contributed by atoms with Gasteiger partial charge in [-0.25, -0.2) is 4.98 Å². The van der Waals surface area contributed by atoms with Gasteiger partial charge in [-0.2, -0.15) is 0 Å². The normalized spacial score (nSPS) is 15.8. The Labute approximate surface area is 210 Å². The second-order valence-corrected chi connectivity index (χ2v) is 10.1. The molecule has 2 aliphatic rings. The molecule has 3 aromatic rings. The number of aromatic nitrogens is 4. The summed E-state index contributed by atoms with van der Waals surface area (Å²) in [7, 11) is 1.56. The van der Waals surface area contributed by atoms with Gasteiger partial charge in [-0.1, -0.05) is 13.0 Å². The molecule has 2 aliphatic heterocycles. The van der Waals surface area contributed by atoms with Crippen LogP contribution in [0.15, 0.2) is 30.3 Å². The molecule has 1 N–H and O–H groups in total. The highest BCUT2D eigenvalue weighted by atomic mass is 16.5. The van der Waals surface area contributed by atoms with Crippen molar-refractivity contribution < 1.29 is 14.3 Å². The Hall–Kier alpha value is -3.75. The largest absolute Gasteiger partial charge is 0.496 e. The Morgan fingerprint density at radius 2 is 1.97 bits per heavy atom. The van der Waals surface area contributed by atoms with Crippen LogP contribution in [0.1, 0.15) is 67.3 Å². The first-order chi connectivity index (χ1) is 17.3. The molecular weight excluding hydrogens is 456 g/mol. The van der Waals surface area contributed by atoms with Gasteiger partial charge in [-0.3, -0.25) is 9.59 Å². The van der Waals surface area contributed by atoms with Gasteiger partial charge in [-0.05, 0) is 68.5 Å². The molecule has 0 spiro atoms. The summed E-state index contributed by atoms with van der Waals surface area (Å²) in [5.41, 5.74) is 3.06. The number of nitrogens with zero attached hydrogens (tertiary/aromatic N) is 5. The zero-order valence-electron chi connectivity index (χ0n) is 21.3. The Balaban J connectivity index is 1.40. The van der Waals surface area contributed by atoms with Gasteiger partial charge in [0, 0.05) is 31.5 Å². The predicted octanol–water partition coefficient (Wildman–Crippen LogP) is 3.97. The van der Waals surface area contributed by atoms with E-state index in [1.54, 1.807) is 13.2 Å². The van der Waals surface area contributed by atoms with Crippen LogP contribution >= 0.6 is 0 Å². The van der Waals surface area contributed by atoms with Crippen LogP contribution in [0.3, 0.4) is 0 Å². The van der Waals surface area contributed by atoms with E-state index in [1.165, 1.54) is 0 Å². The Bertz CT molecular complexity index is 1330. The van der Waals surface area contributed by atoms with Crippen LogP contribution < -0.4 is 10.1 Å². The maximum atomic E-state index is 13.3. The predicted molar refractivity (Wildman–Crippen MR) is 136 cm³/mol. The maximum Gasteiger partial charge on any atom is 0.260 e. The number of fused-ring (bicyclic) bond motifs is 2. The molecule has 36 heavy (non-hydrogen) atoms. The molecule has 9 heteroatoms. The molecule has 188 valence electrons. The monoisotopic (exact) mass is 488 g/mol. The molecule has 9 nitrogen and oxygen atoms in total. The second-order valence-electron chi connectivity index (χ2n) is 10.1. The molecular formula is C27H32N6O3. The van der Waals surface area contributed by atoms with Crippen LogP contribution in [0.5, 0.6) is 5.75 Å². The summed E-state index contributed by atoms with van der Waals surface area (Å²) in [6, 6.07) is 9.24. The molecule has 0 radical (unpaired) electrons. The van der Waals surface area contributed by atoms with Crippen molar-refractivity contribution in [3.8, 4) is 17.3 Å². The average Bonchev–Trinajstić information content (AvgIpc) is 3.44. The lowest BCUT2D eigenvalue weighted by Crippen LogP contribution is -2.36. The van der Waals surface area contributed by atoms with Gasteiger partial charge in [0.25, 0.3) is 5.91 Å². The molecule has 0 atom stereocenters. The average molecular weight is 489 g/mol. The van der Waals surface area contributed by atoms with Crippen LogP contribution in [0.2, 0.25) is 0 Å². The summed E-state index contributed by atoms with van der Waals surface area (Å²) in [5, 5.41) is 11.6. The lowest BCUT2D eigenvalue weighted by Gasteiger charge is -2.29. The highest BCUT2D eigenvalue weighted by Crippen LogP contribution is 2.35. The third kappa shape index (κ3) is 4.34. The maximum absolute atomic E-state index is 13.3. The number of carbonyl (C=O) groups is 2. The zero-order valence-corrected chi connectivity index (χ0v) is 21.3. The lowest BCUT2D eigenvalue weighted by atomic mass is 9.96. The third-order valence-electron chi connectivity index (χ3n) is 7.11. The fourth-order valence-electron chi connectivity index (χ4n) is 5.14. The van der Waals surface area contributed by atoms with Crippen molar-refractivity contribution in [2.24, 2.45) is 0 Å². The van der Waals surface area contributed by atoms with Crippen molar-refractivity contribution in [3.63, 3.8) is 0 Å². The van der Waals surface area contributed by atoms with Crippen molar-refractivity contribution in [2.75, 3.05) is 19.0 Å². The number of benzene rings is 1. The first-order valence-corrected chi connectivity index (χ1v) is 12.5. The van der Waals surface area contributed by atoms with Crippen molar-refractivity contribution in [2.45, 2.75) is 65.0 Å². The van der Waals surface area contributed by atoms with Crippen LogP contribution in [0.4, 0.5) is 5.82 Å². The number of methoxy groups -OCH3 is 1. The lowest BCUT2D eigenvalue weighted by molar-refractivity contribution is -0.132. The second kappa shape index (κ2) is 9.37. The Morgan fingerprint density at radius 1 is 1.14 bits per heavy atom. The summed E-state index contributed by atoms with van der Waals surface area (Å²) in [6.45, 7) is 7.52. The number of anilines is 1. The van der Waals surface area contributed by atoms with Crippen molar-refractivity contribution >= 4 is 17.6 Å². The minimum atomic E-state index is -0.317. The van der Waals surface area contributed by atoms with Crippen molar-refractivity contribution in [1.82, 2.24) is 24.6 Å². The highest BCUT2D eigenvalue weighted by Gasteiger charge is 2.34. The number of ether oxygens (including phenoxy) is 1. The van der Waals surface area contributed by atoms with E-state index in [4.69, 9.17) is 4.74 Å². The summed E-state index contributed by atoms with van der Waals surface area (Å²) >= 11 is 0. The zero-order chi connectivity index (χ0) is 25.4. The molecule has 4 heterocycles.